The molecule has 2 rings (SSSR count). The Morgan fingerprint density at radius 3 is 2.27 bits per heavy atom. The molecule has 0 radical (unpaired) electrons. The van der Waals surface area contributed by atoms with Crippen molar-refractivity contribution in [3.8, 4) is 0 Å². The molecular weight excluding hydrogens is 182 g/mol. The molecule has 0 spiro atoms. The molecule has 0 amide bonds. The van der Waals surface area contributed by atoms with Crippen LogP contribution in [0.4, 0.5) is 0 Å². The third-order valence-electron chi connectivity index (χ3n) is 2.77. The summed E-state index contributed by atoms with van der Waals surface area (Å²) in [5.41, 5.74) is 2.88. The average Bonchev–Trinajstić information content (AvgIpc) is 2.13. The van der Waals surface area contributed by atoms with Crippen molar-refractivity contribution in [2.24, 2.45) is 4.99 Å². The zero-order chi connectivity index (χ0) is 10.9. The Morgan fingerprint density at radius 2 is 1.80 bits per heavy atom. The van der Waals surface area contributed by atoms with Crippen molar-refractivity contribution in [2.45, 2.75) is 45.1 Å². The molecule has 1 aliphatic carbocycles. The third-order valence-corrected chi connectivity index (χ3v) is 2.77. The Labute approximate surface area is 92.2 Å². The van der Waals surface area contributed by atoms with E-state index in [4.69, 9.17) is 4.99 Å². The van der Waals surface area contributed by atoms with Gasteiger partial charge in [-0.1, -0.05) is 30.3 Å². The molecule has 15 heavy (non-hydrogen) atoms. The fourth-order valence-electron chi connectivity index (χ4n) is 2.03. The van der Waals surface area contributed by atoms with Gasteiger partial charge in [-0.2, -0.15) is 0 Å². The van der Waals surface area contributed by atoms with Crippen LogP contribution in [0.2, 0.25) is 0 Å². The summed E-state index contributed by atoms with van der Waals surface area (Å²) in [5, 5.41) is 0. The molecule has 0 N–H and O–H groups in total. The SMILES string of the molecule is CC(C)(C)N=C1CCC1c1ccccc1. The molecule has 1 saturated carbocycles. The quantitative estimate of drug-likeness (QED) is 0.655. The molecule has 0 bridgehead atoms. The molecule has 1 aliphatic rings. The summed E-state index contributed by atoms with van der Waals surface area (Å²) in [6, 6.07) is 10.7. The largest absolute Gasteiger partial charge is 0.288 e. The maximum Gasteiger partial charge on any atom is 0.0523 e. The van der Waals surface area contributed by atoms with Crippen LogP contribution >= 0.6 is 0 Å². The van der Waals surface area contributed by atoms with Crippen LogP contribution in [-0.4, -0.2) is 11.3 Å². The van der Waals surface area contributed by atoms with Crippen LogP contribution in [0.25, 0.3) is 0 Å². The fourth-order valence-corrected chi connectivity index (χ4v) is 2.03. The van der Waals surface area contributed by atoms with E-state index in [9.17, 15) is 0 Å². The number of benzene rings is 1. The van der Waals surface area contributed by atoms with Crippen LogP contribution < -0.4 is 0 Å². The van der Waals surface area contributed by atoms with Gasteiger partial charge in [0.25, 0.3) is 0 Å². The lowest BCUT2D eigenvalue weighted by molar-refractivity contribution is 0.559. The molecule has 1 heteroatoms. The van der Waals surface area contributed by atoms with Gasteiger partial charge in [0.2, 0.25) is 0 Å². The molecule has 0 heterocycles. The van der Waals surface area contributed by atoms with E-state index in [0.29, 0.717) is 5.92 Å². The highest BCUT2D eigenvalue weighted by Crippen LogP contribution is 2.35. The monoisotopic (exact) mass is 201 g/mol. The molecule has 1 fully saturated rings. The van der Waals surface area contributed by atoms with Gasteiger partial charge in [-0.25, -0.2) is 0 Å². The van der Waals surface area contributed by atoms with Crippen LogP contribution in [0.3, 0.4) is 0 Å². The third kappa shape index (κ3) is 2.47. The second kappa shape index (κ2) is 3.80. The number of nitrogens with zero attached hydrogens (tertiary/aromatic N) is 1. The fraction of sp³-hybridized carbons (Fsp3) is 0.500. The zero-order valence-corrected chi connectivity index (χ0v) is 9.83. The van der Waals surface area contributed by atoms with E-state index >= 15 is 0 Å². The number of hydrogen-bond acceptors (Lipinski definition) is 1. The van der Waals surface area contributed by atoms with Crippen LogP contribution in [-0.2, 0) is 0 Å². The predicted molar refractivity (Wildman–Crippen MR) is 65.6 cm³/mol. The molecule has 0 saturated heterocycles. The lowest BCUT2D eigenvalue weighted by Gasteiger charge is -2.31. The predicted octanol–water partition coefficient (Wildman–Crippen LogP) is 3.80. The lowest BCUT2D eigenvalue weighted by atomic mass is 9.77. The lowest BCUT2D eigenvalue weighted by Crippen LogP contribution is -2.27. The van der Waals surface area contributed by atoms with E-state index in [1.165, 1.54) is 24.1 Å². The highest BCUT2D eigenvalue weighted by atomic mass is 14.9. The van der Waals surface area contributed by atoms with Gasteiger partial charge in [0.05, 0.1) is 5.54 Å². The van der Waals surface area contributed by atoms with Crippen molar-refractivity contribution >= 4 is 5.71 Å². The summed E-state index contributed by atoms with van der Waals surface area (Å²) in [7, 11) is 0. The smallest absolute Gasteiger partial charge is 0.0523 e. The summed E-state index contributed by atoms with van der Waals surface area (Å²) >= 11 is 0. The highest BCUT2D eigenvalue weighted by Gasteiger charge is 2.28. The summed E-state index contributed by atoms with van der Waals surface area (Å²) < 4.78 is 0. The normalized spacial score (nSPS) is 23.9. The number of rotatable bonds is 1. The van der Waals surface area contributed by atoms with Crippen molar-refractivity contribution in [3.63, 3.8) is 0 Å². The van der Waals surface area contributed by atoms with Gasteiger partial charge >= 0.3 is 0 Å². The van der Waals surface area contributed by atoms with Gasteiger partial charge in [-0.3, -0.25) is 4.99 Å². The number of hydrogen-bond donors (Lipinski definition) is 0. The molecule has 1 atom stereocenters. The standard InChI is InChI=1S/C14H19N/c1-14(2,3)15-13-10-9-12(13)11-7-5-4-6-8-11/h4-8,12H,9-10H2,1-3H3. The summed E-state index contributed by atoms with van der Waals surface area (Å²) in [6.07, 6.45) is 2.44. The zero-order valence-electron chi connectivity index (χ0n) is 9.83. The molecule has 1 aromatic rings. The van der Waals surface area contributed by atoms with Crippen molar-refractivity contribution in [3.05, 3.63) is 35.9 Å². The first-order chi connectivity index (χ1) is 7.06. The second-order valence-electron chi connectivity index (χ2n) is 5.28. The summed E-state index contributed by atoms with van der Waals surface area (Å²) in [5.74, 6) is 0.588. The molecule has 1 aromatic carbocycles. The molecule has 1 unspecified atom stereocenters. The minimum Gasteiger partial charge on any atom is -0.288 e. The van der Waals surface area contributed by atoms with E-state index in [-0.39, 0.29) is 5.54 Å². The maximum absolute atomic E-state index is 4.79. The van der Waals surface area contributed by atoms with Gasteiger partial charge in [0.15, 0.2) is 0 Å². The van der Waals surface area contributed by atoms with Gasteiger partial charge in [-0.15, -0.1) is 0 Å². The summed E-state index contributed by atoms with van der Waals surface area (Å²) in [6.45, 7) is 6.50. The van der Waals surface area contributed by atoms with Gasteiger partial charge in [-0.05, 0) is 39.2 Å². The van der Waals surface area contributed by atoms with Gasteiger partial charge in [0.1, 0.15) is 0 Å². The first-order valence-electron chi connectivity index (χ1n) is 5.70. The second-order valence-corrected chi connectivity index (χ2v) is 5.28. The minimum absolute atomic E-state index is 0.0722. The van der Waals surface area contributed by atoms with Crippen molar-refractivity contribution < 1.29 is 0 Å². The number of aliphatic imine (C=N–C) groups is 1. The Bertz CT molecular complexity index is 357. The van der Waals surface area contributed by atoms with E-state index in [0.717, 1.165) is 0 Å². The van der Waals surface area contributed by atoms with Gasteiger partial charge in [0, 0.05) is 11.6 Å². The van der Waals surface area contributed by atoms with Crippen molar-refractivity contribution in [2.75, 3.05) is 0 Å². The van der Waals surface area contributed by atoms with E-state index in [2.05, 4.69) is 51.1 Å². The molecular formula is C14H19N. The van der Waals surface area contributed by atoms with Crippen molar-refractivity contribution in [1.29, 1.82) is 0 Å². The minimum atomic E-state index is 0.0722. The Balaban J connectivity index is 2.17. The Morgan fingerprint density at radius 1 is 1.13 bits per heavy atom. The first-order valence-corrected chi connectivity index (χ1v) is 5.70. The molecule has 0 aromatic heterocycles. The topological polar surface area (TPSA) is 12.4 Å². The first kappa shape index (κ1) is 10.4. The highest BCUT2D eigenvalue weighted by molar-refractivity contribution is 5.96. The van der Waals surface area contributed by atoms with Crippen LogP contribution in [0.15, 0.2) is 35.3 Å². The van der Waals surface area contributed by atoms with Crippen LogP contribution in [0.5, 0.6) is 0 Å². The van der Waals surface area contributed by atoms with Crippen molar-refractivity contribution in [1.82, 2.24) is 0 Å². The van der Waals surface area contributed by atoms with Gasteiger partial charge < -0.3 is 0 Å². The van der Waals surface area contributed by atoms with E-state index < -0.39 is 0 Å². The molecule has 1 nitrogen and oxygen atoms in total. The van der Waals surface area contributed by atoms with E-state index in [1.807, 2.05) is 0 Å². The average molecular weight is 201 g/mol. The molecule has 0 aliphatic heterocycles. The molecule has 80 valence electrons. The Kier molecular flexibility index (Phi) is 2.64. The van der Waals surface area contributed by atoms with Crippen LogP contribution in [0.1, 0.15) is 45.1 Å². The summed E-state index contributed by atoms with van der Waals surface area (Å²) in [4.78, 5) is 4.79. The van der Waals surface area contributed by atoms with E-state index in [1.54, 1.807) is 0 Å². The Hall–Kier alpha value is -1.11. The van der Waals surface area contributed by atoms with Crippen LogP contribution in [0, 0.1) is 0 Å². The maximum atomic E-state index is 4.79.